The zero-order chi connectivity index (χ0) is 15.3. The molecule has 1 N–H and O–H groups in total. The van der Waals surface area contributed by atoms with Gasteiger partial charge in [-0.05, 0) is 38.8 Å². The Morgan fingerprint density at radius 1 is 1.14 bits per heavy atom. The van der Waals surface area contributed by atoms with Gasteiger partial charge in [-0.25, -0.2) is 0 Å². The second kappa shape index (κ2) is 7.34. The Hall–Kier alpha value is -0.970. The third-order valence-electron chi connectivity index (χ3n) is 3.13. The first kappa shape index (κ1) is 16.4. The molecular weight excluding hydrogens is 290 g/mol. The highest BCUT2D eigenvalue weighted by Crippen LogP contribution is 2.35. The lowest BCUT2D eigenvalue weighted by Crippen LogP contribution is -2.38. The van der Waals surface area contributed by atoms with E-state index in [1.165, 1.54) is 0 Å². The molecule has 0 aromatic heterocycles. The van der Waals surface area contributed by atoms with Crippen LogP contribution in [-0.2, 0) is 11.2 Å². The van der Waals surface area contributed by atoms with E-state index in [9.17, 15) is 0 Å². The minimum atomic E-state index is 0.127. The quantitative estimate of drug-likeness (QED) is 0.819. The first-order chi connectivity index (χ1) is 9.96. The van der Waals surface area contributed by atoms with E-state index in [0.717, 1.165) is 30.0 Å². The van der Waals surface area contributed by atoms with Gasteiger partial charge in [0.2, 0.25) is 0 Å². The Morgan fingerprint density at radius 2 is 1.81 bits per heavy atom. The van der Waals surface area contributed by atoms with Crippen LogP contribution < -0.4 is 14.8 Å². The van der Waals surface area contributed by atoms with Gasteiger partial charge in [0.05, 0.1) is 13.2 Å². The number of rotatable bonds is 6. The van der Waals surface area contributed by atoms with Crippen molar-refractivity contribution in [1.82, 2.24) is 5.32 Å². The summed E-state index contributed by atoms with van der Waals surface area (Å²) in [5.74, 6) is 1.50. The largest absolute Gasteiger partial charge is 0.486 e. The Morgan fingerprint density at radius 3 is 2.48 bits per heavy atom. The molecule has 1 aromatic carbocycles. The highest BCUT2D eigenvalue weighted by atomic mass is 35.5. The minimum Gasteiger partial charge on any atom is -0.486 e. The standard InChI is InChI=1S/C16H24ClNO3/c1-16(2,3)18-5-7-19-6-4-12-10-14-15(11-13(12)17)21-9-8-20-14/h10-11,18H,4-9H2,1-3H3. The molecule has 21 heavy (non-hydrogen) atoms. The fraction of sp³-hybridized carbons (Fsp3) is 0.625. The van der Waals surface area contributed by atoms with Gasteiger partial charge >= 0.3 is 0 Å². The second-order valence-corrected chi connectivity index (χ2v) is 6.53. The fourth-order valence-corrected chi connectivity index (χ4v) is 2.33. The van der Waals surface area contributed by atoms with E-state index in [1.54, 1.807) is 0 Å². The van der Waals surface area contributed by atoms with Crippen molar-refractivity contribution in [3.63, 3.8) is 0 Å². The topological polar surface area (TPSA) is 39.7 Å². The van der Waals surface area contributed by atoms with Crippen LogP contribution in [0.25, 0.3) is 0 Å². The molecule has 0 bridgehead atoms. The van der Waals surface area contributed by atoms with Gasteiger partial charge in [0.15, 0.2) is 11.5 Å². The lowest BCUT2D eigenvalue weighted by Gasteiger charge is -2.21. The lowest BCUT2D eigenvalue weighted by molar-refractivity contribution is 0.133. The summed E-state index contributed by atoms with van der Waals surface area (Å²) in [4.78, 5) is 0. The number of halogens is 1. The summed E-state index contributed by atoms with van der Waals surface area (Å²) >= 11 is 6.26. The van der Waals surface area contributed by atoms with Gasteiger partial charge in [-0.3, -0.25) is 0 Å². The zero-order valence-corrected chi connectivity index (χ0v) is 13.8. The van der Waals surface area contributed by atoms with Crippen molar-refractivity contribution in [3.05, 3.63) is 22.7 Å². The molecule has 0 unspecified atom stereocenters. The molecule has 1 aliphatic rings. The molecule has 1 heterocycles. The molecular formula is C16H24ClNO3. The van der Waals surface area contributed by atoms with Gasteiger partial charge in [-0.15, -0.1) is 0 Å². The summed E-state index contributed by atoms with van der Waals surface area (Å²) in [7, 11) is 0. The van der Waals surface area contributed by atoms with Crippen LogP contribution in [0.1, 0.15) is 26.3 Å². The molecule has 4 nitrogen and oxygen atoms in total. The molecule has 0 fully saturated rings. The summed E-state index contributed by atoms with van der Waals surface area (Å²) < 4.78 is 16.7. The smallest absolute Gasteiger partial charge is 0.162 e. The number of hydrogen-bond acceptors (Lipinski definition) is 4. The number of hydrogen-bond donors (Lipinski definition) is 1. The van der Waals surface area contributed by atoms with Crippen LogP contribution in [0.4, 0.5) is 0 Å². The molecule has 1 aliphatic heterocycles. The van der Waals surface area contributed by atoms with Crippen molar-refractivity contribution in [2.45, 2.75) is 32.7 Å². The first-order valence-corrected chi connectivity index (χ1v) is 7.74. The van der Waals surface area contributed by atoms with Crippen LogP contribution in [0, 0.1) is 0 Å². The van der Waals surface area contributed by atoms with Crippen molar-refractivity contribution in [3.8, 4) is 11.5 Å². The van der Waals surface area contributed by atoms with Gasteiger partial charge in [0.1, 0.15) is 13.2 Å². The average molecular weight is 314 g/mol. The summed E-state index contributed by atoms with van der Waals surface area (Å²) in [6.07, 6.45) is 0.769. The van der Waals surface area contributed by atoms with E-state index in [-0.39, 0.29) is 5.54 Å². The van der Waals surface area contributed by atoms with Crippen molar-refractivity contribution < 1.29 is 14.2 Å². The summed E-state index contributed by atoms with van der Waals surface area (Å²) in [6, 6.07) is 3.78. The van der Waals surface area contributed by atoms with Crippen LogP contribution in [0.3, 0.4) is 0 Å². The van der Waals surface area contributed by atoms with E-state index >= 15 is 0 Å². The van der Waals surface area contributed by atoms with Crippen LogP contribution >= 0.6 is 11.6 Å². The third-order valence-corrected chi connectivity index (χ3v) is 3.48. The maximum absolute atomic E-state index is 6.26. The van der Waals surface area contributed by atoms with Gasteiger partial charge in [-0.1, -0.05) is 11.6 Å². The summed E-state index contributed by atoms with van der Waals surface area (Å²) in [6.45, 7) is 9.77. The van der Waals surface area contributed by atoms with Gasteiger partial charge in [-0.2, -0.15) is 0 Å². The number of nitrogens with one attached hydrogen (secondary N) is 1. The predicted octanol–water partition coefficient (Wildman–Crippen LogP) is 3.06. The summed E-state index contributed by atoms with van der Waals surface area (Å²) in [5, 5.41) is 4.09. The fourth-order valence-electron chi connectivity index (χ4n) is 2.08. The number of benzene rings is 1. The Bertz CT molecular complexity index is 471. The molecule has 0 saturated heterocycles. The molecule has 118 valence electrons. The molecule has 0 radical (unpaired) electrons. The second-order valence-electron chi connectivity index (χ2n) is 6.13. The van der Waals surface area contributed by atoms with Crippen LogP contribution in [0.2, 0.25) is 5.02 Å². The highest BCUT2D eigenvalue weighted by molar-refractivity contribution is 6.31. The number of ether oxygens (including phenoxy) is 3. The monoisotopic (exact) mass is 313 g/mol. The average Bonchev–Trinajstić information content (AvgIpc) is 2.41. The van der Waals surface area contributed by atoms with Crippen LogP contribution in [0.15, 0.2) is 12.1 Å². The van der Waals surface area contributed by atoms with Crippen LogP contribution in [0.5, 0.6) is 11.5 Å². The van der Waals surface area contributed by atoms with E-state index < -0.39 is 0 Å². The first-order valence-electron chi connectivity index (χ1n) is 7.36. The predicted molar refractivity (Wildman–Crippen MR) is 84.7 cm³/mol. The lowest BCUT2D eigenvalue weighted by atomic mass is 10.1. The molecule has 0 atom stereocenters. The van der Waals surface area contributed by atoms with Gasteiger partial charge in [0.25, 0.3) is 0 Å². The third kappa shape index (κ3) is 5.38. The Balaban J connectivity index is 1.76. The van der Waals surface area contributed by atoms with E-state index in [4.69, 9.17) is 25.8 Å². The molecule has 0 saturated carbocycles. The minimum absolute atomic E-state index is 0.127. The van der Waals surface area contributed by atoms with Crippen molar-refractivity contribution in [1.29, 1.82) is 0 Å². The number of fused-ring (bicyclic) bond motifs is 1. The highest BCUT2D eigenvalue weighted by Gasteiger charge is 2.15. The molecule has 1 aromatic rings. The Labute approximate surface area is 131 Å². The van der Waals surface area contributed by atoms with Crippen molar-refractivity contribution in [2.24, 2.45) is 0 Å². The molecule has 5 heteroatoms. The SMILES string of the molecule is CC(C)(C)NCCOCCc1cc2c(cc1Cl)OCCO2. The van der Waals surface area contributed by atoms with E-state index in [0.29, 0.717) is 31.5 Å². The van der Waals surface area contributed by atoms with Gasteiger partial charge < -0.3 is 19.5 Å². The zero-order valence-electron chi connectivity index (χ0n) is 13.0. The van der Waals surface area contributed by atoms with E-state index in [1.807, 2.05) is 12.1 Å². The maximum Gasteiger partial charge on any atom is 0.162 e. The van der Waals surface area contributed by atoms with Crippen molar-refractivity contribution >= 4 is 11.6 Å². The normalized spacial score (nSPS) is 14.3. The van der Waals surface area contributed by atoms with E-state index in [2.05, 4.69) is 26.1 Å². The van der Waals surface area contributed by atoms with Crippen LogP contribution in [-0.4, -0.2) is 38.5 Å². The van der Waals surface area contributed by atoms with Crippen molar-refractivity contribution in [2.75, 3.05) is 33.0 Å². The molecule has 0 aliphatic carbocycles. The molecule has 0 amide bonds. The maximum atomic E-state index is 6.26. The molecule has 0 spiro atoms. The molecule has 2 rings (SSSR count). The summed E-state index contributed by atoms with van der Waals surface area (Å²) in [5.41, 5.74) is 1.16. The Kier molecular flexibility index (Phi) is 5.73. The van der Waals surface area contributed by atoms with Gasteiger partial charge in [0, 0.05) is 23.2 Å².